The molecule has 2 N–H and O–H groups in total. The molecular formula is C44H59N6O7P. The van der Waals surface area contributed by atoms with Gasteiger partial charge in [-0.3, -0.25) is 5.41 Å². The summed E-state index contributed by atoms with van der Waals surface area (Å²) in [5.74, 6) is 2.36. The first-order valence-electron chi connectivity index (χ1n) is 19.9. The largest absolute Gasteiger partial charge is 0.497 e. The molecule has 2 aliphatic rings. The second-order valence-corrected chi connectivity index (χ2v) is 16.0. The van der Waals surface area contributed by atoms with Gasteiger partial charge in [0, 0.05) is 37.8 Å². The van der Waals surface area contributed by atoms with Crippen LogP contribution in [-0.4, -0.2) is 105 Å². The first-order chi connectivity index (χ1) is 28.1. The first-order valence-corrected chi connectivity index (χ1v) is 21.0. The Hall–Kier alpha value is -4.38. The topological polar surface area (TPSA) is 143 Å². The summed E-state index contributed by atoms with van der Waals surface area (Å²) in [5.41, 5.74) is 1.66. The van der Waals surface area contributed by atoms with Crippen molar-refractivity contribution < 1.29 is 32.7 Å². The lowest BCUT2D eigenvalue weighted by atomic mass is 9.80. The van der Waals surface area contributed by atoms with Gasteiger partial charge in [-0.25, -0.2) is 9.66 Å². The third kappa shape index (κ3) is 11.6. The number of morpholine rings is 1. The van der Waals surface area contributed by atoms with Crippen LogP contribution in [0.1, 0.15) is 64.2 Å². The minimum absolute atomic E-state index is 0.116. The van der Waals surface area contributed by atoms with Crippen molar-refractivity contribution in [3.8, 4) is 17.6 Å². The lowest BCUT2D eigenvalue weighted by molar-refractivity contribution is -0.0825. The quantitative estimate of drug-likeness (QED) is 0.0406. The fourth-order valence-electron chi connectivity index (χ4n) is 7.18. The smallest absolute Gasteiger partial charge is 0.259 e. The highest BCUT2D eigenvalue weighted by Crippen LogP contribution is 2.50. The number of aliphatic imine (C=N–C) groups is 1. The molecule has 0 saturated carbocycles. The third-order valence-corrected chi connectivity index (χ3v) is 12.2. The van der Waals surface area contributed by atoms with E-state index in [0.717, 1.165) is 47.1 Å². The van der Waals surface area contributed by atoms with Crippen LogP contribution in [0.2, 0.25) is 0 Å². The van der Waals surface area contributed by atoms with Crippen LogP contribution in [0.3, 0.4) is 0 Å². The average Bonchev–Trinajstić information content (AvgIpc) is 3.62. The predicted molar refractivity (Wildman–Crippen MR) is 227 cm³/mol. The maximum atomic E-state index is 9.35. The van der Waals surface area contributed by atoms with Gasteiger partial charge in [-0.1, -0.05) is 54.6 Å². The Morgan fingerprint density at radius 3 is 2.10 bits per heavy atom. The molecule has 0 radical (unpaired) electrons. The standard InChI is InChI=1S/C44H59N6O7P/c1-32(2)50(33(3)4)58(55-27-11-23-45)57-40-30-43(47-24-22-42(46)48-34(5)49-25-28-53-29-26-49)56-41(40)31-54-44(35-12-9-8-10-13-35,36-14-18-38(51-6)19-15-36)37-16-20-39(52-7)21-17-37/h8-10,12-22,24,32-33,40-41,43,46-47H,11,25-31H2,1-7H3/b24-22-,46-42?,48-34-/t40?,41-,43-,58?/m1/s1. The Kier molecular flexibility index (Phi) is 17.1. The summed E-state index contributed by atoms with van der Waals surface area (Å²) in [5, 5.41) is 21.2. The van der Waals surface area contributed by atoms with E-state index < -0.39 is 32.6 Å². The summed E-state index contributed by atoms with van der Waals surface area (Å²) in [6.07, 6.45) is 2.57. The Bertz CT molecular complexity index is 1760. The van der Waals surface area contributed by atoms with Gasteiger partial charge < -0.3 is 42.9 Å². The summed E-state index contributed by atoms with van der Waals surface area (Å²) in [7, 11) is 1.72. The second-order valence-electron chi connectivity index (χ2n) is 14.5. The van der Waals surface area contributed by atoms with Gasteiger partial charge in [0.15, 0.2) is 0 Å². The maximum Gasteiger partial charge on any atom is 0.259 e. The molecule has 14 heteroatoms. The molecule has 3 aromatic rings. The van der Waals surface area contributed by atoms with Crippen LogP contribution in [0.25, 0.3) is 0 Å². The van der Waals surface area contributed by atoms with Crippen molar-refractivity contribution in [3.63, 3.8) is 0 Å². The molecule has 5 rings (SSSR count). The van der Waals surface area contributed by atoms with Gasteiger partial charge in [-0.15, -0.1) is 0 Å². The van der Waals surface area contributed by atoms with Gasteiger partial charge >= 0.3 is 0 Å². The van der Waals surface area contributed by atoms with Crippen molar-refractivity contribution in [2.75, 3.05) is 53.7 Å². The highest BCUT2D eigenvalue weighted by atomic mass is 31.2. The van der Waals surface area contributed by atoms with Gasteiger partial charge in [0.25, 0.3) is 8.53 Å². The molecule has 0 amide bonds. The number of methoxy groups -OCH3 is 2. The van der Waals surface area contributed by atoms with E-state index in [0.29, 0.717) is 19.6 Å². The SMILES string of the molecule is COc1ccc(C(OC[C@H]2O[C@@H](N/C=C\C(=N)/N=C(/C)N3CCOCC3)CC2OP(OCCC#N)N(C(C)C)C(C)C)(c2ccccc2)c2ccc(OC)cc2)cc1. The molecule has 2 aliphatic heterocycles. The van der Waals surface area contributed by atoms with Crippen molar-refractivity contribution in [1.29, 1.82) is 10.7 Å². The summed E-state index contributed by atoms with van der Waals surface area (Å²) in [4.78, 5) is 6.61. The Morgan fingerprint density at radius 1 is 0.966 bits per heavy atom. The number of ether oxygens (including phenoxy) is 5. The molecule has 4 atom stereocenters. The molecule has 58 heavy (non-hydrogen) atoms. The number of nitriles is 1. The molecule has 13 nitrogen and oxygen atoms in total. The fourth-order valence-corrected chi connectivity index (χ4v) is 8.94. The number of hydrogen-bond acceptors (Lipinski definition) is 11. The van der Waals surface area contributed by atoms with Gasteiger partial charge in [0.2, 0.25) is 0 Å². The van der Waals surface area contributed by atoms with E-state index in [9.17, 15) is 5.26 Å². The average molecular weight is 815 g/mol. The molecule has 3 aromatic carbocycles. The minimum atomic E-state index is -1.59. The number of hydrogen-bond donors (Lipinski definition) is 2. The van der Waals surface area contributed by atoms with Crippen molar-refractivity contribution in [3.05, 3.63) is 108 Å². The third-order valence-electron chi connectivity index (χ3n) is 10.00. The van der Waals surface area contributed by atoms with Crippen LogP contribution in [0.15, 0.2) is 96.1 Å². The summed E-state index contributed by atoms with van der Waals surface area (Å²) in [6, 6.07) is 28.4. The summed E-state index contributed by atoms with van der Waals surface area (Å²) in [6.45, 7) is 13.6. The molecular weight excluding hydrogens is 755 g/mol. The van der Waals surface area contributed by atoms with E-state index in [1.54, 1.807) is 26.5 Å². The zero-order chi connectivity index (χ0) is 41.5. The zero-order valence-electron chi connectivity index (χ0n) is 34.8. The Labute approximate surface area is 345 Å². The van der Waals surface area contributed by atoms with Gasteiger partial charge in [0.05, 0.1) is 59.2 Å². The second kappa shape index (κ2) is 22.1. The number of nitrogens with one attached hydrogen (secondary N) is 2. The van der Waals surface area contributed by atoms with E-state index in [1.807, 2.05) is 73.7 Å². The van der Waals surface area contributed by atoms with E-state index in [2.05, 4.69) is 65.8 Å². The molecule has 2 unspecified atom stereocenters. The molecule has 0 aliphatic carbocycles. The van der Waals surface area contributed by atoms with E-state index in [-0.39, 0.29) is 37.6 Å². The fraction of sp³-hybridized carbons (Fsp3) is 0.477. The molecule has 0 aromatic heterocycles. The van der Waals surface area contributed by atoms with Crippen molar-refractivity contribution >= 4 is 20.2 Å². The normalized spacial score (nSPS) is 19.5. The molecule has 2 saturated heterocycles. The summed E-state index contributed by atoms with van der Waals surface area (Å²) < 4.78 is 46.1. The van der Waals surface area contributed by atoms with Gasteiger partial charge in [0.1, 0.15) is 41.1 Å². The number of amidine groups is 2. The predicted octanol–water partition coefficient (Wildman–Crippen LogP) is 7.62. The minimum Gasteiger partial charge on any atom is -0.497 e. The van der Waals surface area contributed by atoms with E-state index >= 15 is 0 Å². The van der Waals surface area contributed by atoms with Gasteiger partial charge in [-0.2, -0.15) is 5.26 Å². The lowest BCUT2D eigenvalue weighted by Gasteiger charge is -2.39. The van der Waals surface area contributed by atoms with Crippen LogP contribution in [0, 0.1) is 16.7 Å². The number of nitrogens with zero attached hydrogens (tertiary/aromatic N) is 4. The Balaban J connectivity index is 1.48. The van der Waals surface area contributed by atoms with Crippen LogP contribution in [0.5, 0.6) is 11.5 Å². The van der Waals surface area contributed by atoms with Crippen molar-refractivity contribution in [1.82, 2.24) is 14.9 Å². The number of rotatable bonds is 19. The summed E-state index contributed by atoms with van der Waals surface area (Å²) >= 11 is 0. The maximum absolute atomic E-state index is 9.35. The molecule has 0 spiro atoms. The van der Waals surface area contributed by atoms with Crippen LogP contribution in [0.4, 0.5) is 0 Å². The van der Waals surface area contributed by atoms with E-state index in [1.165, 1.54) is 0 Å². The first kappa shape index (κ1) is 44.7. The highest BCUT2D eigenvalue weighted by molar-refractivity contribution is 7.44. The molecule has 2 fully saturated rings. The zero-order valence-corrected chi connectivity index (χ0v) is 35.7. The molecule has 2 heterocycles. The number of benzene rings is 3. The van der Waals surface area contributed by atoms with Crippen LogP contribution < -0.4 is 14.8 Å². The van der Waals surface area contributed by atoms with Crippen LogP contribution in [-0.2, 0) is 28.9 Å². The van der Waals surface area contributed by atoms with Crippen LogP contribution >= 0.6 is 8.53 Å². The van der Waals surface area contributed by atoms with E-state index in [4.69, 9.17) is 38.1 Å². The van der Waals surface area contributed by atoms with Crippen molar-refractivity contribution in [2.45, 2.75) is 83.6 Å². The molecule has 312 valence electrons. The highest BCUT2D eigenvalue weighted by Gasteiger charge is 2.44. The lowest BCUT2D eigenvalue weighted by Crippen LogP contribution is -2.39. The van der Waals surface area contributed by atoms with Crippen molar-refractivity contribution in [2.24, 2.45) is 4.99 Å². The molecule has 0 bridgehead atoms. The monoisotopic (exact) mass is 814 g/mol. The van der Waals surface area contributed by atoms with Gasteiger partial charge in [-0.05, 0) is 81.7 Å². The Morgan fingerprint density at radius 2 is 1.55 bits per heavy atom.